The average molecular weight is 359 g/mol. The number of carbonyl (C=O) groups excluding carboxylic acids is 1. The molecule has 1 amide bonds. The second-order valence-corrected chi connectivity index (χ2v) is 5.75. The average Bonchev–Trinajstić information content (AvgIpc) is 3.37. The van der Waals surface area contributed by atoms with Crippen molar-refractivity contribution in [2.75, 3.05) is 0 Å². The minimum Gasteiger partial charge on any atom is -0.463 e. The van der Waals surface area contributed by atoms with Gasteiger partial charge in [0.1, 0.15) is 11.6 Å². The number of aromatic nitrogens is 2. The molecule has 6 heteroatoms. The van der Waals surface area contributed by atoms with Crippen molar-refractivity contribution in [2.24, 2.45) is 4.99 Å². The quantitative estimate of drug-likeness (QED) is 0.503. The molecule has 0 saturated heterocycles. The second kappa shape index (κ2) is 7.21. The van der Waals surface area contributed by atoms with E-state index < -0.39 is 5.91 Å². The van der Waals surface area contributed by atoms with Gasteiger partial charge in [0.15, 0.2) is 5.69 Å². The Morgan fingerprint density at radius 1 is 1.04 bits per heavy atom. The van der Waals surface area contributed by atoms with Crippen LogP contribution in [0.3, 0.4) is 0 Å². The summed E-state index contributed by atoms with van der Waals surface area (Å²) in [4.78, 5) is 16.3. The maximum atomic E-state index is 13.3. The SMILES string of the molecule is O=C(N=Cc1ccco1)c1cc(-c2ccc(F)cc2)n(-c2ccccc2)n1. The molecule has 2 aromatic carbocycles. The Hall–Kier alpha value is -3.80. The lowest BCUT2D eigenvalue weighted by atomic mass is 10.1. The third kappa shape index (κ3) is 3.59. The summed E-state index contributed by atoms with van der Waals surface area (Å²) in [6.07, 6.45) is 2.85. The fourth-order valence-corrected chi connectivity index (χ4v) is 2.63. The van der Waals surface area contributed by atoms with Crippen molar-refractivity contribution in [2.45, 2.75) is 0 Å². The third-order valence-electron chi connectivity index (χ3n) is 3.92. The number of rotatable bonds is 4. The van der Waals surface area contributed by atoms with Crippen LogP contribution in [0, 0.1) is 5.82 Å². The highest BCUT2D eigenvalue weighted by atomic mass is 19.1. The molecule has 0 saturated carbocycles. The first kappa shape index (κ1) is 16.7. The van der Waals surface area contributed by atoms with Gasteiger partial charge < -0.3 is 4.42 Å². The zero-order valence-corrected chi connectivity index (χ0v) is 14.1. The number of aliphatic imine (C=N–C) groups is 1. The van der Waals surface area contributed by atoms with Crippen LogP contribution in [0.5, 0.6) is 0 Å². The molecule has 0 spiro atoms. The second-order valence-electron chi connectivity index (χ2n) is 5.75. The summed E-state index contributed by atoms with van der Waals surface area (Å²) in [5, 5.41) is 4.41. The van der Waals surface area contributed by atoms with Crippen molar-refractivity contribution < 1.29 is 13.6 Å². The highest BCUT2D eigenvalue weighted by Crippen LogP contribution is 2.24. The molecular formula is C21H14FN3O2. The van der Waals surface area contributed by atoms with Gasteiger partial charge in [0.2, 0.25) is 0 Å². The van der Waals surface area contributed by atoms with E-state index in [2.05, 4.69) is 10.1 Å². The van der Waals surface area contributed by atoms with E-state index >= 15 is 0 Å². The smallest absolute Gasteiger partial charge is 0.297 e. The van der Waals surface area contributed by atoms with Crippen LogP contribution < -0.4 is 0 Å². The zero-order chi connectivity index (χ0) is 18.6. The zero-order valence-electron chi connectivity index (χ0n) is 14.1. The van der Waals surface area contributed by atoms with Crippen molar-refractivity contribution in [3.63, 3.8) is 0 Å². The summed E-state index contributed by atoms with van der Waals surface area (Å²) >= 11 is 0. The predicted octanol–water partition coefficient (Wildman–Crippen LogP) is 4.53. The molecule has 27 heavy (non-hydrogen) atoms. The van der Waals surface area contributed by atoms with Gasteiger partial charge in [-0.3, -0.25) is 4.79 Å². The van der Waals surface area contributed by atoms with Gasteiger partial charge in [-0.2, -0.15) is 5.10 Å². The van der Waals surface area contributed by atoms with Gasteiger partial charge in [-0.05, 0) is 54.6 Å². The number of hydrogen-bond acceptors (Lipinski definition) is 3. The summed E-state index contributed by atoms with van der Waals surface area (Å²) in [7, 11) is 0. The van der Waals surface area contributed by atoms with Crippen molar-refractivity contribution in [1.29, 1.82) is 0 Å². The number of furan rings is 1. The Labute approximate surface area is 154 Å². The van der Waals surface area contributed by atoms with E-state index in [1.54, 1.807) is 35.0 Å². The summed E-state index contributed by atoms with van der Waals surface area (Å²) in [6, 6.07) is 20.5. The van der Waals surface area contributed by atoms with Gasteiger partial charge in [-0.1, -0.05) is 18.2 Å². The Morgan fingerprint density at radius 2 is 1.81 bits per heavy atom. The molecule has 2 heterocycles. The third-order valence-corrected chi connectivity index (χ3v) is 3.92. The maximum absolute atomic E-state index is 13.3. The number of amides is 1. The highest BCUT2D eigenvalue weighted by molar-refractivity contribution is 6.00. The van der Waals surface area contributed by atoms with Crippen LogP contribution in [0.25, 0.3) is 16.9 Å². The molecule has 132 valence electrons. The van der Waals surface area contributed by atoms with Crippen LogP contribution >= 0.6 is 0 Å². The van der Waals surface area contributed by atoms with E-state index in [0.717, 1.165) is 11.3 Å². The number of carbonyl (C=O) groups is 1. The number of benzene rings is 2. The van der Waals surface area contributed by atoms with Crippen LogP contribution in [-0.4, -0.2) is 21.9 Å². The fraction of sp³-hybridized carbons (Fsp3) is 0. The molecule has 0 aliphatic carbocycles. The van der Waals surface area contributed by atoms with E-state index in [4.69, 9.17) is 4.42 Å². The molecule has 4 aromatic rings. The van der Waals surface area contributed by atoms with E-state index in [1.165, 1.54) is 24.6 Å². The van der Waals surface area contributed by atoms with Crippen LogP contribution in [0.4, 0.5) is 4.39 Å². The van der Waals surface area contributed by atoms with E-state index in [-0.39, 0.29) is 11.5 Å². The highest BCUT2D eigenvalue weighted by Gasteiger charge is 2.16. The van der Waals surface area contributed by atoms with Crippen LogP contribution in [0.15, 0.2) is 88.5 Å². The topological polar surface area (TPSA) is 60.4 Å². The molecule has 0 aliphatic rings. The predicted molar refractivity (Wildman–Crippen MR) is 99.6 cm³/mol. The normalized spacial score (nSPS) is 11.1. The maximum Gasteiger partial charge on any atom is 0.297 e. The number of para-hydroxylation sites is 1. The first-order valence-electron chi connectivity index (χ1n) is 8.24. The lowest BCUT2D eigenvalue weighted by Crippen LogP contribution is -2.02. The van der Waals surface area contributed by atoms with E-state index in [9.17, 15) is 9.18 Å². The number of halogens is 1. The van der Waals surface area contributed by atoms with Gasteiger partial charge in [0, 0.05) is 5.56 Å². The Kier molecular flexibility index (Phi) is 4.45. The van der Waals surface area contributed by atoms with Crippen molar-refractivity contribution in [3.8, 4) is 16.9 Å². The molecule has 0 unspecified atom stereocenters. The Bertz CT molecular complexity index is 1080. The number of nitrogens with zero attached hydrogens (tertiary/aromatic N) is 3. The minimum absolute atomic E-state index is 0.181. The monoisotopic (exact) mass is 359 g/mol. The molecule has 0 N–H and O–H groups in total. The molecular weight excluding hydrogens is 345 g/mol. The summed E-state index contributed by atoms with van der Waals surface area (Å²) < 4.78 is 20.1. The van der Waals surface area contributed by atoms with Crippen LogP contribution in [0.1, 0.15) is 16.2 Å². The Balaban J connectivity index is 1.75. The van der Waals surface area contributed by atoms with Gasteiger partial charge in [-0.25, -0.2) is 14.1 Å². The molecule has 5 nitrogen and oxygen atoms in total. The van der Waals surface area contributed by atoms with Gasteiger partial charge in [0.05, 0.1) is 23.9 Å². The standard InChI is InChI=1S/C21H14FN3O2/c22-16-10-8-15(9-11-16)20-13-19(21(26)23-14-18-7-4-12-27-18)24-25(20)17-5-2-1-3-6-17/h1-14H. The van der Waals surface area contributed by atoms with E-state index in [1.807, 2.05) is 30.3 Å². The van der Waals surface area contributed by atoms with Crippen LogP contribution in [0.2, 0.25) is 0 Å². The summed E-state index contributed by atoms with van der Waals surface area (Å²) in [5.74, 6) is -0.349. The molecule has 2 aromatic heterocycles. The lowest BCUT2D eigenvalue weighted by Gasteiger charge is -2.07. The minimum atomic E-state index is -0.496. The van der Waals surface area contributed by atoms with Gasteiger partial charge in [0.25, 0.3) is 5.91 Å². The molecule has 4 rings (SSSR count). The fourth-order valence-electron chi connectivity index (χ4n) is 2.63. The molecule has 0 bridgehead atoms. The van der Waals surface area contributed by atoms with Crippen LogP contribution in [-0.2, 0) is 0 Å². The Morgan fingerprint density at radius 3 is 2.52 bits per heavy atom. The first-order valence-corrected chi connectivity index (χ1v) is 8.24. The number of hydrogen-bond donors (Lipinski definition) is 0. The molecule has 0 aliphatic heterocycles. The first-order chi connectivity index (χ1) is 13.2. The van der Waals surface area contributed by atoms with Gasteiger partial charge >= 0.3 is 0 Å². The molecule has 0 fully saturated rings. The summed E-state index contributed by atoms with van der Waals surface area (Å²) in [5.41, 5.74) is 2.37. The largest absolute Gasteiger partial charge is 0.463 e. The molecule has 0 radical (unpaired) electrons. The summed E-state index contributed by atoms with van der Waals surface area (Å²) in [6.45, 7) is 0. The van der Waals surface area contributed by atoms with Gasteiger partial charge in [-0.15, -0.1) is 0 Å². The molecule has 0 atom stereocenters. The van der Waals surface area contributed by atoms with E-state index in [0.29, 0.717) is 11.5 Å². The lowest BCUT2D eigenvalue weighted by molar-refractivity contribution is 0.0998. The van der Waals surface area contributed by atoms with Crippen molar-refractivity contribution in [1.82, 2.24) is 9.78 Å². The van der Waals surface area contributed by atoms with Crippen molar-refractivity contribution >= 4 is 12.1 Å². The van der Waals surface area contributed by atoms with Crippen molar-refractivity contribution in [3.05, 3.63) is 96.3 Å².